The highest BCUT2D eigenvalue weighted by Crippen LogP contribution is 2.35. The van der Waals surface area contributed by atoms with Gasteiger partial charge in [0, 0.05) is 25.8 Å². The summed E-state index contributed by atoms with van der Waals surface area (Å²) in [6.07, 6.45) is 1.13. The maximum absolute atomic E-state index is 12.6. The highest BCUT2D eigenvalue weighted by atomic mass is 16.6. The van der Waals surface area contributed by atoms with Crippen LogP contribution in [0.3, 0.4) is 0 Å². The molecule has 23 heavy (non-hydrogen) atoms. The van der Waals surface area contributed by atoms with Crippen LogP contribution in [0.4, 0.5) is 0 Å². The Kier molecular flexibility index (Phi) is 4.61. The van der Waals surface area contributed by atoms with Crippen LogP contribution in [0.25, 0.3) is 0 Å². The molecule has 2 aliphatic rings. The van der Waals surface area contributed by atoms with Crippen molar-refractivity contribution in [3.8, 4) is 17.2 Å². The quantitative estimate of drug-likeness (QED) is 0.880. The number of aliphatic hydroxyl groups excluding tert-OH is 1. The van der Waals surface area contributed by atoms with E-state index in [9.17, 15) is 15.0 Å². The molecule has 0 radical (unpaired) electrons. The lowest BCUT2D eigenvalue weighted by Gasteiger charge is -2.36. The van der Waals surface area contributed by atoms with Gasteiger partial charge in [-0.1, -0.05) is 6.92 Å². The minimum absolute atomic E-state index is 0.0749. The molecule has 3 rings (SSSR count). The van der Waals surface area contributed by atoms with Crippen molar-refractivity contribution in [2.45, 2.75) is 25.9 Å². The Morgan fingerprint density at radius 1 is 1.35 bits per heavy atom. The number of hydrogen-bond acceptors (Lipinski definition) is 5. The van der Waals surface area contributed by atoms with E-state index >= 15 is 0 Å². The van der Waals surface area contributed by atoms with Crippen molar-refractivity contribution < 1.29 is 24.5 Å². The molecule has 2 unspecified atom stereocenters. The molecular weight excluding hydrogens is 298 g/mol. The lowest BCUT2D eigenvalue weighted by atomic mass is 9.86. The molecule has 1 saturated heterocycles. The standard InChI is InChI=1S/C17H23NO5/c1-11(9-19)12-4-6-18(7-5-12)17(21)16-10-22-14-3-2-13(20)8-15(14)23-16/h2-3,8,11-12,16,19-20H,4-7,9-10H2,1H3. The molecule has 1 amide bonds. The molecule has 2 atom stereocenters. The van der Waals surface area contributed by atoms with Gasteiger partial charge in [0.15, 0.2) is 11.5 Å². The van der Waals surface area contributed by atoms with Crippen molar-refractivity contribution in [3.05, 3.63) is 18.2 Å². The first-order valence-corrected chi connectivity index (χ1v) is 8.10. The number of rotatable bonds is 3. The number of aliphatic hydroxyl groups is 1. The molecule has 1 aromatic carbocycles. The molecular formula is C17H23NO5. The highest BCUT2D eigenvalue weighted by molar-refractivity contribution is 5.82. The number of nitrogens with zero attached hydrogens (tertiary/aromatic N) is 1. The van der Waals surface area contributed by atoms with Crippen LogP contribution in [0.1, 0.15) is 19.8 Å². The number of hydrogen-bond donors (Lipinski definition) is 2. The fourth-order valence-corrected chi connectivity index (χ4v) is 3.22. The summed E-state index contributed by atoms with van der Waals surface area (Å²) in [5, 5.41) is 18.8. The molecule has 0 aliphatic carbocycles. The van der Waals surface area contributed by atoms with Gasteiger partial charge < -0.3 is 24.6 Å². The summed E-state index contributed by atoms with van der Waals surface area (Å²) in [4.78, 5) is 14.4. The van der Waals surface area contributed by atoms with Crippen LogP contribution >= 0.6 is 0 Å². The maximum atomic E-state index is 12.6. The first-order valence-electron chi connectivity index (χ1n) is 8.10. The van der Waals surface area contributed by atoms with Gasteiger partial charge in [-0.05, 0) is 36.8 Å². The van der Waals surface area contributed by atoms with Gasteiger partial charge in [-0.25, -0.2) is 0 Å². The predicted molar refractivity (Wildman–Crippen MR) is 83.6 cm³/mol. The monoisotopic (exact) mass is 321 g/mol. The Hall–Kier alpha value is -1.95. The average molecular weight is 321 g/mol. The molecule has 126 valence electrons. The van der Waals surface area contributed by atoms with Gasteiger partial charge in [0.25, 0.3) is 5.91 Å². The van der Waals surface area contributed by atoms with Crippen molar-refractivity contribution in [1.82, 2.24) is 4.90 Å². The van der Waals surface area contributed by atoms with Crippen LogP contribution in [-0.4, -0.2) is 53.4 Å². The van der Waals surface area contributed by atoms with Crippen LogP contribution < -0.4 is 9.47 Å². The Morgan fingerprint density at radius 3 is 2.78 bits per heavy atom. The third-order valence-corrected chi connectivity index (χ3v) is 4.81. The molecule has 2 aliphatic heterocycles. The van der Waals surface area contributed by atoms with Gasteiger partial charge in [0.05, 0.1) is 0 Å². The van der Waals surface area contributed by atoms with E-state index in [1.165, 1.54) is 12.1 Å². The molecule has 0 bridgehead atoms. The normalized spacial score (nSPS) is 22.7. The van der Waals surface area contributed by atoms with Gasteiger partial charge >= 0.3 is 0 Å². The SMILES string of the molecule is CC(CO)C1CCN(C(=O)C2COc3ccc(O)cc3O2)CC1. The van der Waals surface area contributed by atoms with E-state index in [1.807, 2.05) is 11.8 Å². The Labute approximate surface area is 135 Å². The Balaban J connectivity index is 1.60. The van der Waals surface area contributed by atoms with E-state index in [0.29, 0.717) is 30.5 Å². The molecule has 0 aromatic heterocycles. The average Bonchev–Trinajstić information content (AvgIpc) is 2.59. The van der Waals surface area contributed by atoms with Gasteiger partial charge in [-0.15, -0.1) is 0 Å². The summed E-state index contributed by atoms with van der Waals surface area (Å²) in [6.45, 7) is 3.78. The molecule has 6 nitrogen and oxygen atoms in total. The number of piperidine rings is 1. The van der Waals surface area contributed by atoms with E-state index in [4.69, 9.17) is 9.47 Å². The lowest BCUT2D eigenvalue weighted by molar-refractivity contribution is -0.142. The largest absolute Gasteiger partial charge is 0.508 e. The molecule has 2 N–H and O–H groups in total. The number of ether oxygens (including phenoxy) is 2. The molecule has 1 fully saturated rings. The summed E-state index contributed by atoms with van der Waals surface area (Å²) in [5.74, 6) is 1.69. The number of carbonyl (C=O) groups is 1. The zero-order valence-electron chi connectivity index (χ0n) is 13.3. The summed E-state index contributed by atoms with van der Waals surface area (Å²) < 4.78 is 11.3. The summed E-state index contributed by atoms with van der Waals surface area (Å²) in [6, 6.07) is 4.62. The van der Waals surface area contributed by atoms with E-state index < -0.39 is 6.10 Å². The summed E-state index contributed by atoms with van der Waals surface area (Å²) >= 11 is 0. The van der Waals surface area contributed by atoms with Gasteiger partial charge in [0.2, 0.25) is 6.10 Å². The number of benzene rings is 1. The first-order chi connectivity index (χ1) is 11.1. The third kappa shape index (κ3) is 3.37. The second kappa shape index (κ2) is 6.66. The van der Waals surface area contributed by atoms with Crippen molar-refractivity contribution in [1.29, 1.82) is 0 Å². The van der Waals surface area contributed by atoms with Crippen LogP contribution in [0, 0.1) is 11.8 Å². The van der Waals surface area contributed by atoms with Crippen LogP contribution in [-0.2, 0) is 4.79 Å². The molecule has 2 heterocycles. The van der Waals surface area contributed by atoms with E-state index in [0.717, 1.165) is 12.8 Å². The van der Waals surface area contributed by atoms with Crippen LogP contribution in [0.15, 0.2) is 18.2 Å². The number of carbonyl (C=O) groups excluding carboxylic acids is 1. The van der Waals surface area contributed by atoms with Gasteiger partial charge in [-0.3, -0.25) is 4.79 Å². The number of fused-ring (bicyclic) bond motifs is 1. The number of amides is 1. The first kappa shape index (κ1) is 15.9. The molecule has 0 spiro atoms. The Morgan fingerprint density at radius 2 is 2.09 bits per heavy atom. The number of phenolic OH excluding ortho intramolecular Hbond substituents is 1. The van der Waals surface area contributed by atoms with Crippen LogP contribution in [0.5, 0.6) is 17.2 Å². The zero-order chi connectivity index (χ0) is 16.4. The van der Waals surface area contributed by atoms with Crippen LogP contribution in [0.2, 0.25) is 0 Å². The smallest absolute Gasteiger partial charge is 0.267 e. The second-order valence-electron chi connectivity index (χ2n) is 6.37. The van der Waals surface area contributed by atoms with E-state index in [-0.39, 0.29) is 30.8 Å². The molecule has 0 saturated carbocycles. The number of aromatic hydroxyl groups is 1. The van der Waals surface area contributed by atoms with Crippen molar-refractivity contribution in [2.75, 3.05) is 26.3 Å². The third-order valence-electron chi connectivity index (χ3n) is 4.81. The minimum atomic E-state index is -0.670. The summed E-state index contributed by atoms with van der Waals surface area (Å²) in [5.41, 5.74) is 0. The van der Waals surface area contributed by atoms with Crippen molar-refractivity contribution >= 4 is 5.91 Å². The summed E-state index contributed by atoms with van der Waals surface area (Å²) in [7, 11) is 0. The highest BCUT2D eigenvalue weighted by Gasteiger charge is 2.34. The van der Waals surface area contributed by atoms with Gasteiger partial charge in [-0.2, -0.15) is 0 Å². The molecule has 6 heteroatoms. The topological polar surface area (TPSA) is 79.2 Å². The number of phenols is 1. The maximum Gasteiger partial charge on any atom is 0.267 e. The number of likely N-dealkylation sites (tertiary alicyclic amines) is 1. The fourth-order valence-electron chi connectivity index (χ4n) is 3.22. The zero-order valence-corrected chi connectivity index (χ0v) is 13.3. The fraction of sp³-hybridized carbons (Fsp3) is 0.588. The lowest BCUT2D eigenvalue weighted by Crippen LogP contribution is -2.49. The minimum Gasteiger partial charge on any atom is -0.508 e. The van der Waals surface area contributed by atoms with E-state index in [1.54, 1.807) is 6.07 Å². The van der Waals surface area contributed by atoms with Crippen molar-refractivity contribution in [2.24, 2.45) is 11.8 Å². The predicted octanol–water partition coefficient (Wildman–Crippen LogP) is 1.40. The Bertz CT molecular complexity index is 568. The second-order valence-corrected chi connectivity index (χ2v) is 6.37. The van der Waals surface area contributed by atoms with Gasteiger partial charge in [0.1, 0.15) is 12.4 Å². The van der Waals surface area contributed by atoms with E-state index in [2.05, 4.69) is 0 Å². The van der Waals surface area contributed by atoms with Crippen molar-refractivity contribution in [3.63, 3.8) is 0 Å². The molecule has 1 aromatic rings.